The highest BCUT2D eigenvalue weighted by molar-refractivity contribution is 7.14. The standard InChI is InChI=1S/C23H15F2N3O2S/c24-17-5-1-3-15(11-17)21(29)26-19-9-7-14(8-10-19)20-13-31-23(27-20)28-22(30)16-4-2-6-18(25)12-16/h1-13H,(H,26,29)(H,27,28,30). The molecule has 2 N–H and O–H groups in total. The van der Waals surface area contributed by atoms with Crippen molar-refractivity contribution in [2.45, 2.75) is 0 Å². The van der Waals surface area contributed by atoms with Crippen LogP contribution in [0, 0.1) is 11.6 Å². The largest absolute Gasteiger partial charge is 0.322 e. The van der Waals surface area contributed by atoms with Gasteiger partial charge in [0, 0.05) is 27.8 Å². The van der Waals surface area contributed by atoms with Crippen molar-refractivity contribution in [2.24, 2.45) is 0 Å². The molecule has 1 heterocycles. The van der Waals surface area contributed by atoms with Gasteiger partial charge in [-0.05, 0) is 48.5 Å². The highest BCUT2D eigenvalue weighted by atomic mass is 32.1. The molecule has 4 aromatic rings. The van der Waals surface area contributed by atoms with Crippen molar-refractivity contribution < 1.29 is 18.4 Å². The summed E-state index contributed by atoms with van der Waals surface area (Å²) in [4.78, 5) is 28.8. The quantitative estimate of drug-likeness (QED) is 0.429. The Labute approximate surface area is 180 Å². The molecule has 0 aliphatic rings. The van der Waals surface area contributed by atoms with Gasteiger partial charge in [-0.2, -0.15) is 0 Å². The third-order valence-electron chi connectivity index (χ3n) is 4.34. The maximum atomic E-state index is 13.3. The second-order valence-electron chi connectivity index (χ2n) is 6.54. The minimum atomic E-state index is -0.489. The lowest BCUT2D eigenvalue weighted by Gasteiger charge is -2.06. The first-order valence-corrected chi connectivity index (χ1v) is 10.1. The van der Waals surface area contributed by atoms with E-state index in [1.807, 2.05) is 0 Å². The number of nitrogens with zero attached hydrogens (tertiary/aromatic N) is 1. The van der Waals surface area contributed by atoms with Crippen LogP contribution in [0.3, 0.4) is 0 Å². The third kappa shape index (κ3) is 4.99. The zero-order valence-corrected chi connectivity index (χ0v) is 16.7. The average Bonchev–Trinajstić information content (AvgIpc) is 3.22. The van der Waals surface area contributed by atoms with Crippen molar-refractivity contribution in [1.29, 1.82) is 0 Å². The zero-order chi connectivity index (χ0) is 21.8. The summed E-state index contributed by atoms with van der Waals surface area (Å²) in [7, 11) is 0. The number of halogens is 2. The van der Waals surface area contributed by atoms with Gasteiger partial charge in [-0.15, -0.1) is 11.3 Å². The molecular weight excluding hydrogens is 420 g/mol. The minimum Gasteiger partial charge on any atom is -0.322 e. The molecule has 8 heteroatoms. The molecule has 31 heavy (non-hydrogen) atoms. The molecular formula is C23H15F2N3O2S. The lowest BCUT2D eigenvalue weighted by Crippen LogP contribution is -2.12. The molecule has 0 saturated carbocycles. The monoisotopic (exact) mass is 435 g/mol. The van der Waals surface area contributed by atoms with Crippen LogP contribution >= 0.6 is 11.3 Å². The van der Waals surface area contributed by atoms with Crippen LogP contribution in [-0.4, -0.2) is 16.8 Å². The molecule has 4 rings (SSSR count). The van der Waals surface area contributed by atoms with Crippen LogP contribution in [0.2, 0.25) is 0 Å². The number of thiazole rings is 1. The zero-order valence-electron chi connectivity index (χ0n) is 15.9. The number of benzene rings is 3. The summed E-state index contributed by atoms with van der Waals surface area (Å²) >= 11 is 1.24. The molecule has 2 amide bonds. The number of aromatic nitrogens is 1. The number of carbonyl (C=O) groups excluding carboxylic acids is 2. The molecule has 3 aromatic carbocycles. The molecule has 0 saturated heterocycles. The van der Waals surface area contributed by atoms with Crippen LogP contribution < -0.4 is 10.6 Å². The van der Waals surface area contributed by atoms with E-state index in [0.717, 1.165) is 11.6 Å². The van der Waals surface area contributed by atoms with E-state index in [2.05, 4.69) is 15.6 Å². The van der Waals surface area contributed by atoms with Crippen LogP contribution in [0.5, 0.6) is 0 Å². The van der Waals surface area contributed by atoms with Crippen molar-refractivity contribution in [2.75, 3.05) is 10.6 Å². The summed E-state index contributed by atoms with van der Waals surface area (Å²) in [5.41, 5.74) is 2.40. The Bertz CT molecular complexity index is 1260. The second-order valence-corrected chi connectivity index (χ2v) is 7.40. The van der Waals surface area contributed by atoms with Gasteiger partial charge in [-0.3, -0.25) is 14.9 Å². The summed E-state index contributed by atoms with van der Waals surface area (Å²) in [5, 5.41) is 7.52. The fourth-order valence-electron chi connectivity index (χ4n) is 2.82. The molecule has 5 nitrogen and oxygen atoms in total. The van der Waals surface area contributed by atoms with Gasteiger partial charge in [0.1, 0.15) is 11.6 Å². The second kappa shape index (κ2) is 8.85. The van der Waals surface area contributed by atoms with Gasteiger partial charge in [-0.25, -0.2) is 13.8 Å². The van der Waals surface area contributed by atoms with E-state index in [9.17, 15) is 18.4 Å². The number of hydrogen-bond donors (Lipinski definition) is 2. The lowest BCUT2D eigenvalue weighted by molar-refractivity contribution is 0.101. The van der Waals surface area contributed by atoms with Gasteiger partial charge in [0.25, 0.3) is 11.8 Å². The van der Waals surface area contributed by atoms with E-state index in [4.69, 9.17) is 0 Å². The molecule has 0 bridgehead atoms. The number of rotatable bonds is 5. The fraction of sp³-hybridized carbons (Fsp3) is 0. The van der Waals surface area contributed by atoms with Crippen molar-refractivity contribution in [3.05, 3.63) is 101 Å². The van der Waals surface area contributed by atoms with Crippen molar-refractivity contribution in [3.8, 4) is 11.3 Å². The van der Waals surface area contributed by atoms with Crippen molar-refractivity contribution in [1.82, 2.24) is 4.98 Å². The van der Waals surface area contributed by atoms with Crippen LogP contribution in [0.25, 0.3) is 11.3 Å². The van der Waals surface area contributed by atoms with Gasteiger partial charge in [0.2, 0.25) is 0 Å². The molecule has 1 aromatic heterocycles. The number of nitrogens with one attached hydrogen (secondary N) is 2. The smallest absolute Gasteiger partial charge is 0.257 e. The highest BCUT2D eigenvalue weighted by Gasteiger charge is 2.11. The first-order chi connectivity index (χ1) is 15.0. The molecule has 0 aliphatic carbocycles. The fourth-order valence-corrected chi connectivity index (χ4v) is 3.53. The number of carbonyl (C=O) groups is 2. The lowest BCUT2D eigenvalue weighted by atomic mass is 10.1. The molecule has 0 fully saturated rings. The van der Waals surface area contributed by atoms with Gasteiger partial charge in [0.15, 0.2) is 5.13 Å². The normalized spacial score (nSPS) is 10.5. The summed E-state index contributed by atoms with van der Waals surface area (Å²) in [5.74, 6) is -1.83. The molecule has 0 unspecified atom stereocenters. The predicted octanol–water partition coefficient (Wildman–Crippen LogP) is 5.59. The van der Waals surface area contributed by atoms with Crippen LogP contribution in [0.1, 0.15) is 20.7 Å². The average molecular weight is 435 g/mol. The summed E-state index contributed by atoms with van der Waals surface area (Å²) in [6, 6.07) is 17.8. The van der Waals surface area contributed by atoms with E-state index in [1.54, 1.807) is 29.6 Å². The Morgan fingerprint density at radius 1 is 0.774 bits per heavy atom. The molecule has 0 aliphatic heterocycles. The van der Waals surface area contributed by atoms with E-state index in [0.29, 0.717) is 16.5 Å². The Hall–Kier alpha value is -3.91. The molecule has 154 valence electrons. The Balaban J connectivity index is 1.42. The summed E-state index contributed by atoms with van der Waals surface area (Å²) in [6.07, 6.45) is 0. The van der Waals surface area contributed by atoms with Gasteiger partial charge >= 0.3 is 0 Å². The van der Waals surface area contributed by atoms with Crippen LogP contribution in [-0.2, 0) is 0 Å². The van der Waals surface area contributed by atoms with E-state index in [-0.39, 0.29) is 11.1 Å². The van der Waals surface area contributed by atoms with E-state index in [1.165, 1.54) is 53.8 Å². The van der Waals surface area contributed by atoms with Gasteiger partial charge in [0.05, 0.1) is 5.69 Å². The Morgan fingerprint density at radius 2 is 1.35 bits per heavy atom. The third-order valence-corrected chi connectivity index (χ3v) is 5.09. The van der Waals surface area contributed by atoms with E-state index >= 15 is 0 Å². The summed E-state index contributed by atoms with van der Waals surface area (Å²) in [6.45, 7) is 0. The predicted molar refractivity (Wildman–Crippen MR) is 116 cm³/mol. The minimum absolute atomic E-state index is 0.204. The topological polar surface area (TPSA) is 71.1 Å². The first-order valence-electron chi connectivity index (χ1n) is 9.18. The maximum Gasteiger partial charge on any atom is 0.257 e. The number of amides is 2. The highest BCUT2D eigenvalue weighted by Crippen LogP contribution is 2.26. The molecule has 0 spiro atoms. The van der Waals surface area contributed by atoms with Crippen LogP contribution in [0.4, 0.5) is 19.6 Å². The maximum absolute atomic E-state index is 13.3. The van der Waals surface area contributed by atoms with E-state index < -0.39 is 23.4 Å². The number of hydrogen-bond acceptors (Lipinski definition) is 4. The molecule has 0 radical (unpaired) electrons. The van der Waals surface area contributed by atoms with Gasteiger partial charge < -0.3 is 5.32 Å². The SMILES string of the molecule is O=C(Nc1ccc(-c2csc(NC(=O)c3cccc(F)c3)n2)cc1)c1cccc(F)c1. The number of anilines is 2. The molecule has 0 atom stereocenters. The van der Waals surface area contributed by atoms with Gasteiger partial charge in [-0.1, -0.05) is 24.3 Å². The Morgan fingerprint density at radius 3 is 1.94 bits per heavy atom. The van der Waals surface area contributed by atoms with Crippen molar-refractivity contribution in [3.63, 3.8) is 0 Å². The summed E-state index contributed by atoms with van der Waals surface area (Å²) < 4.78 is 26.6. The Kier molecular flexibility index (Phi) is 5.81. The van der Waals surface area contributed by atoms with Crippen molar-refractivity contribution >= 4 is 34.0 Å². The van der Waals surface area contributed by atoms with Crippen LogP contribution in [0.15, 0.2) is 78.2 Å². The first kappa shape index (κ1) is 20.4.